The van der Waals surface area contributed by atoms with Gasteiger partial charge in [0.2, 0.25) is 17.7 Å². The first-order valence-corrected chi connectivity index (χ1v) is 7.02. The minimum atomic E-state index is -0.501. The van der Waals surface area contributed by atoms with E-state index in [-0.39, 0.29) is 19.1 Å². The standard InChI is InChI=1S/C5H9NO.C5H8O3.C4H7NO.C3H5NO/c1-4-5(7)6(2)3;1-2-5(7)8-4-3-6;1-3(2)4(5)6;1-2-3(4)5/h4H,1H2,2-3H3;2,6H,1,3-4H2;1H2,2H3,(H2,5,6);2H,1H2,(H2,4,5). The van der Waals surface area contributed by atoms with Crippen LogP contribution in [0.25, 0.3) is 0 Å². The Balaban J connectivity index is -0.000000126. The number of carbonyl (C=O) groups excluding carboxylic acids is 4. The van der Waals surface area contributed by atoms with Gasteiger partial charge in [-0.15, -0.1) is 0 Å². The third-order valence-electron chi connectivity index (χ3n) is 1.74. The Kier molecular flexibility index (Phi) is 25.7. The van der Waals surface area contributed by atoms with E-state index in [1.165, 1.54) is 11.0 Å². The van der Waals surface area contributed by atoms with Gasteiger partial charge in [-0.1, -0.05) is 26.3 Å². The molecule has 0 aliphatic heterocycles. The van der Waals surface area contributed by atoms with Crippen molar-refractivity contribution in [1.82, 2.24) is 4.90 Å². The first kappa shape index (κ1) is 30.7. The Morgan fingerprint density at radius 2 is 1.42 bits per heavy atom. The fourth-order valence-electron chi connectivity index (χ4n) is 0.388. The molecule has 0 saturated heterocycles. The molecule has 0 saturated carbocycles. The van der Waals surface area contributed by atoms with Crippen LogP contribution in [-0.4, -0.2) is 61.0 Å². The summed E-state index contributed by atoms with van der Waals surface area (Å²) in [4.78, 5) is 41.2. The van der Waals surface area contributed by atoms with Gasteiger partial charge in [0.15, 0.2) is 0 Å². The SMILES string of the molecule is C=C(C)C(N)=O.C=CC(=O)N(C)C.C=CC(=O)OCCO.C=CC(N)=O. The molecule has 5 N–H and O–H groups in total. The number of ether oxygens (including phenoxy) is 1. The molecule has 0 bridgehead atoms. The second-order valence-corrected chi connectivity index (χ2v) is 4.28. The summed E-state index contributed by atoms with van der Waals surface area (Å²) in [5.41, 5.74) is 9.63. The average molecular weight is 371 g/mol. The van der Waals surface area contributed by atoms with Crippen LogP contribution in [0.4, 0.5) is 0 Å². The van der Waals surface area contributed by atoms with Crippen molar-refractivity contribution in [2.75, 3.05) is 27.3 Å². The Bertz CT molecular complexity index is 487. The summed E-state index contributed by atoms with van der Waals surface area (Å²) < 4.78 is 4.33. The fraction of sp³-hybridized carbons (Fsp3) is 0.294. The van der Waals surface area contributed by atoms with Crippen LogP contribution >= 0.6 is 0 Å². The number of hydrogen-bond donors (Lipinski definition) is 3. The highest BCUT2D eigenvalue weighted by atomic mass is 16.5. The molecule has 9 nitrogen and oxygen atoms in total. The van der Waals surface area contributed by atoms with Crippen molar-refractivity contribution in [1.29, 1.82) is 0 Å². The van der Waals surface area contributed by atoms with Gasteiger partial charge in [-0.3, -0.25) is 14.4 Å². The highest BCUT2D eigenvalue weighted by molar-refractivity contribution is 5.90. The molecule has 9 heteroatoms. The van der Waals surface area contributed by atoms with Gasteiger partial charge in [-0.25, -0.2) is 4.79 Å². The molecule has 148 valence electrons. The lowest BCUT2D eigenvalue weighted by molar-refractivity contribution is -0.138. The molecule has 0 heterocycles. The Labute approximate surface area is 154 Å². The van der Waals surface area contributed by atoms with E-state index < -0.39 is 17.8 Å². The van der Waals surface area contributed by atoms with Gasteiger partial charge in [0, 0.05) is 25.7 Å². The number of primary amides is 2. The number of aliphatic hydroxyl groups is 1. The minimum Gasteiger partial charge on any atom is -0.460 e. The van der Waals surface area contributed by atoms with Crippen LogP contribution < -0.4 is 11.5 Å². The molecule has 0 atom stereocenters. The minimum absolute atomic E-state index is 0.0465. The highest BCUT2D eigenvalue weighted by Gasteiger charge is 1.91. The summed E-state index contributed by atoms with van der Waals surface area (Å²) in [6.45, 7) is 14.3. The second-order valence-electron chi connectivity index (χ2n) is 4.28. The third kappa shape index (κ3) is 37.2. The van der Waals surface area contributed by atoms with E-state index in [1.54, 1.807) is 21.0 Å². The smallest absolute Gasteiger partial charge is 0.330 e. The van der Waals surface area contributed by atoms with Crippen molar-refractivity contribution in [3.05, 3.63) is 50.1 Å². The van der Waals surface area contributed by atoms with Crippen molar-refractivity contribution in [3.63, 3.8) is 0 Å². The third-order valence-corrected chi connectivity index (χ3v) is 1.74. The van der Waals surface area contributed by atoms with E-state index in [0.29, 0.717) is 5.57 Å². The zero-order valence-corrected chi connectivity index (χ0v) is 15.6. The van der Waals surface area contributed by atoms with Crippen LogP contribution in [0.15, 0.2) is 50.1 Å². The predicted molar refractivity (Wildman–Crippen MR) is 101 cm³/mol. The molecule has 0 fully saturated rings. The largest absolute Gasteiger partial charge is 0.460 e. The summed E-state index contributed by atoms with van der Waals surface area (Å²) in [5.74, 6) is -1.47. The van der Waals surface area contributed by atoms with Crippen molar-refractivity contribution in [2.24, 2.45) is 11.5 Å². The number of esters is 1. The molecule has 0 radical (unpaired) electrons. The van der Waals surface area contributed by atoms with Gasteiger partial charge < -0.3 is 26.2 Å². The molecule has 0 unspecified atom stereocenters. The Morgan fingerprint density at radius 3 is 1.54 bits per heavy atom. The zero-order valence-electron chi connectivity index (χ0n) is 15.6. The molecular weight excluding hydrogens is 342 g/mol. The number of likely N-dealkylation sites (N-methyl/N-ethyl adjacent to an activating group) is 1. The van der Waals surface area contributed by atoms with E-state index in [2.05, 4.69) is 36.8 Å². The summed E-state index contributed by atoms with van der Waals surface area (Å²) in [7, 11) is 3.37. The van der Waals surface area contributed by atoms with Gasteiger partial charge in [0.25, 0.3) is 0 Å². The molecule has 0 aliphatic carbocycles. The van der Waals surface area contributed by atoms with Gasteiger partial charge in [0.05, 0.1) is 6.61 Å². The van der Waals surface area contributed by atoms with Crippen LogP contribution in [0.1, 0.15) is 6.92 Å². The zero-order chi connectivity index (χ0) is 21.7. The summed E-state index contributed by atoms with van der Waals surface area (Å²) >= 11 is 0. The van der Waals surface area contributed by atoms with Crippen LogP contribution in [-0.2, 0) is 23.9 Å². The Morgan fingerprint density at radius 1 is 1.04 bits per heavy atom. The topological polar surface area (TPSA) is 153 Å². The number of aliphatic hydroxyl groups excluding tert-OH is 1. The molecule has 0 aromatic heterocycles. The molecule has 3 amide bonds. The van der Waals surface area contributed by atoms with Crippen molar-refractivity contribution in [3.8, 4) is 0 Å². The molecule has 26 heavy (non-hydrogen) atoms. The van der Waals surface area contributed by atoms with Crippen LogP contribution in [0, 0.1) is 0 Å². The lowest BCUT2D eigenvalue weighted by atomic mass is 10.3. The number of nitrogens with zero attached hydrogens (tertiary/aromatic N) is 1. The average Bonchev–Trinajstić information content (AvgIpc) is 2.59. The number of hydrogen-bond acceptors (Lipinski definition) is 6. The molecular formula is C17H29N3O6. The normalized spacial score (nSPS) is 7.54. The quantitative estimate of drug-likeness (QED) is 0.429. The van der Waals surface area contributed by atoms with Crippen LogP contribution in [0.2, 0.25) is 0 Å². The van der Waals surface area contributed by atoms with Crippen LogP contribution in [0.5, 0.6) is 0 Å². The molecule has 0 aromatic carbocycles. The van der Waals surface area contributed by atoms with E-state index in [9.17, 15) is 19.2 Å². The molecule has 0 aromatic rings. The lowest BCUT2D eigenvalue weighted by Crippen LogP contribution is -2.18. The fourth-order valence-corrected chi connectivity index (χ4v) is 0.388. The Hall–Kier alpha value is -3.20. The second kappa shape index (κ2) is 21.8. The highest BCUT2D eigenvalue weighted by Crippen LogP contribution is 1.78. The summed E-state index contributed by atoms with van der Waals surface area (Å²) in [6, 6.07) is 0. The summed E-state index contributed by atoms with van der Waals surface area (Å²) in [6.07, 6.45) is 3.38. The lowest BCUT2D eigenvalue weighted by Gasteiger charge is -2.03. The van der Waals surface area contributed by atoms with Crippen molar-refractivity contribution < 1.29 is 29.0 Å². The van der Waals surface area contributed by atoms with E-state index in [4.69, 9.17) is 10.8 Å². The number of carbonyl (C=O) groups is 4. The monoisotopic (exact) mass is 371 g/mol. The van der Waals surface area contributed by atoms with Gasteiger partial charge in [-0.05, 0) is 19.1 Å². The van der Waals surface area contributed by atoms with Crippen LogP contribution in [0.3, 0.4) is 0 Å². The van der Waals surface area contributed by atoms with E-state index >= 15 is 0 Å². The van der Waals surface area contributed by atoms with E-state index in [0.717, 1.165) is 12.2 Å². The van der Waals surface area contributed by atoms with Gasteiger partial charge in [0.1, 0.15) is 6.61 Å². The van der Waals surface area contributed by atoms with Gasteiger partial charge >= 0.3 is 5.97 Å². The molecule has 0 rings (SSSR count). The first-order chi connectivity index (χ1) is 11.9. The predicted octanol–water partition coefficient (Wildman–Crippen LogP) is -0.326. The molecule has 0 aliphatic rings. The maximum Gasteiger partial charge on any atom is 0.330 e. The van der Waals surface area contributed by atoms with Gasteiger partial charge in [-0.2, -0.15) is 0 Å². The number of rotatable bonds is 6. The number of amides is 3. The van der Waals surface area contributed by atoms with E-state index in [1.807, 2.05) is 0 Å². The number of nitrogens with two attached hydrogens (primary N) is 2. The first-order valence-electron chi connectivity index (χ1n) is 7.02. The maximum absolute atomic E-state index is 10.3. The maximum atomic E-state index is 10.3. The van der Waals surface area contributed by atoms with Crippen molar-refractivity contribution >= 4 is 23.7 Å². The molecule has 0 spiro atoms. The summed E-state index contributed by atoms with van der Waals surface area (Å²) in [5, 5.41) is 8.10. The van der Waals surface area contributed by atoms with Crippen molar-refractivity contribution in [2.45, 2.75) is 6.92 Å².